The zero-order valence-electron chi connectivity index (χ0n) is 19.0. The van der Waals surface area contributed by atoms with Crippen LogP contribution in [0.2, 0.25) is 0 Å². The summed E-state index contributed by atoms with van der Waals surface area (Å²) < 4.78 is 27.6. The Morgan fingerprint density at radius 1 is 0.971 bits per heavy atom. The predicted molar refractivity (Wildman–Crippen MR) is 134 cm³/mol. The summed E-state index contributed by atoms with van der Waals surface area (Å²) in [5.41, 5.74) is 1.13. The van der Waals surface area contributed by atoms with Gasteiger partial charge in [-0.3, -0.25) is 9.59 Å². The van der Waals surface area contributed by atoms with Crippen LogP contribution in [0.1, 0.15) is 20.0 Å². The minimum absolute atomic E-state index is 0.133. The zero-order valence-corrected chi connectivity index (χ0v) is 20.6. The second kappa shape index (κ2) is 10.1. The van der Waals surface area contributed by atoms with Crippen molar-refractivity contribution in [2.24, 2.45) is 0 Å². The molecule has 0 spiro atoms. The van der Waals surface area contributed by atoms with Crippen LogP contribution >= 0.6 is 11.3 Å². The minimum Gasteiger partial charge on any atom is -0.322 e. The lowest BCUT2D eigenvalue weighted by Gasteiger charge is -2.31. The molecular formula is C24H26N4O4S2. The summed E-state index contributed by atoms with van der Waals surface area (Å²) in [6, 6.07) is 16.6. The third kappa shape index (κ3) is 5.05. The van der Waals surface area contributed by atoms with Gasteiger partial charge in [0.1, 0.15) is 0 Å². The molecule has 1 fully saturated rings. The number of carbonyl (C=O) groups is 2. The highest BCUT2D eigenvalue weighted by Crippen LogP contribution is 2.25. The molecule has 10 heteroatoms. The molecule has 3 aromatic rings. The van der Waals surface area contributed by atoms with Gasteiger partial charge in [0.15, 0.2) is 0 Å². The number of rotatable bonds is 6. The molecule has 4 rings (SSSR count). The molecule has 34 heavy (non-hydrogen) atoms. The molecule has 0 bridgehead atoms. The zero-order chi connectivity index (χ0) is 24.3. The Bertz CT molecular complexity index is 1280. The summed E-state index contributed by atoms with van der Waals surface area (Å²) in [4.78, 5) is 30.2. The van der Waals surface area contributed by atoms with Crippen molar-refractivity contribution in [3.63, 3.8) is 0 Å². The monoisotopic (exact) mass is 498 g/mol. The van der Waals surface area contributed by atoms with Crippen molar-refractivity contribution in [2.45, 2.75) is 4.90 Å². The molecule has 2 aromatic carbocycles. The van der Waals surface area contributed by atoms with Crippen LogP contribution in [0.3, 0.4) is 0 Å². The van der Waals surface area contributed by atoms with Crippen LogP contribution in [0.5, 0.6) is 0 Å². The Kier molecular flexibility index (Phi) is 7.13. The van der Waals surface area contributed by atoms with Gasteiger partial charge in [0, 0.05) is 38.9 Å². The average Bonchev–Trinajstić information content (AvgIpc) is 3.38. The van der Waals surface area contributed by atoms with Gasteiger partial charge in [-0.05, 0) is 48.8 Å². The van der Waals surface area contributed by atoms with E-state index < -0.39 is 15.9 Å². The van der Waals surface area contributed by atoms with E-state index in [4.69, 9.17) is 0 Å². The Labute approximate surface area is 203 Å². The molecule has 0 unspecified atom stereocenters. The predicted octanol–water partition coefficient (Wildman–Crippen LogP) is 3.21. The molecule has 1 aliphatic heterocycles. The average molecular weight is 499 g/mol. The SMILES string of the molecule is CN1CCN(S(=O)(=O)c2cccc(NC(=O)c3ccccc3N(C)C(=O)c3cccs3)c2)CC1. The van der Waals surface area contributed by atoms with E-state index in [1.165, 1.54) is 32.7 Å². The first-order chi connectivity index (χ1) is 16.3. The number of benzene rings is 2. The van der Waals surface area contributed by atoms with Crippen LogP contribution in [-0.4, -0.2) is 69.7 Å². The number of nitrogens with zero attached hydrogens (tertiary/aromatic N) is 3. The first-order valence-corrected chi connectivity index (χ1v) is 13.1. The molecule has 0 atom stereocenters. The van der Waals surface area contributed by atoms with E-state index in [2.05, 4.69) is 10.2 Å². The fourth-order valence-electron chi connectivity index (χ4n) is 3.74. The van der Waals surface area contributed by atoms with Crippen molar-refractivity contribution < 1.29 is 18.0 Å². The molecule has 0 radical (unpaired) electrons. The second-order valence-corrected chi connectivity index (χ2v) is 10.9. The first kappa shape index (κ1) is 24.1. The number of hydrogen-bond donors (Lipinski definition) is 1. The fourth-order valence-corrected chi connectivity index (χ4v) is 5.91. The van der Waals surface area contributed by atoms with Gasteiger partial charge in [0.2, 0.25) is 10.0 Å². The lowest BCUT2D eigenvalue weighted by Crippen LogP contribution is -2.47. The van der Waals surface area contributed by atoms with Crippen LogP contribution in [0.4, 0.5) is 11.4 Å². The maximum absolute atomic E-state index is 13.1. The number of para-hydroxylation sites is 1. The molecule has 2 heterocycles. The molecule has 1 N–H and O–H groups in total. The van der Waals surface area contributed by atoms with Gasteiger partial charge in [-0.25, -0.2) is 8.42 Å². The lowest BCUT2D eigenvalue weighted by atomic mass is 10.1. The molecule has 0 aliphatic carbocycles. The maximum Gasteiger partial charge on any atom is 0.268 e. The largest absolute Gasteiger partial charge is 0.322 e. The van der Waals surface area contributed by atoms with E-state index in [9.17, 15) is 18.0 Å². The number of piperazine rings is 1. The molecule has 178 valence electrons. The van der Waals surface area contributed by atoms with Crippen molar-refractivity contribution in [1.29, 1.82) is 0 Å². The Morgan fingerprint density at radius 2 is 1.71 bits per heavy atom. The van der Waals surface area contributed by atoms with Crippen LogP contribution in [-0.2, 0) is 10.0 Å². The Morgan fingerprint density at radius 3 is 2.41 bits per heavy atom. The summed E-state index contributed by atoms with van der Waals surface area (Å²) >= 11 is 1.33. The number of likely N-dealkylation sites (N-methyl/N-ethyl adjacent to an activating group) is 1. The van der Waals surface area contributed by atoms with Crippen LogP contribution in [0.15, 0.2) is 70.9 Å². The lowest BCUT2D eigenvalue weighted by molar-refractivity contribution is 0.0996. The number of sulfonamides is 1. The van der Waals surface area contributed by atoms with Gasteiger partial charge < -0.3 is 15.1 Å². The molecule has 8 nitrogen and oxygen atoms in total. The second-order valence-electron chi connectivity index (χ2n) is 8.05. The van der Waals surface area contributed by atoms with Crippen molar-refractivity contribution in [3.8, 4) is 0 Å². The van der Waals surface area contributed by atoms with Gasteiger partial charge in [0.25, 0.3) is 11.8 Å². The van der Waals surface area contributed by atoms with Crippen molar-refractivity contribution in [2.75, 3.05) is 50.5 Å². The highest BCUT2D eigenvalue weighted by molar-refractivity contribution is 7.89. The van der Waals surface area contributed by atoms with Crippen molar-refractivity contribution in [3.05, 3.63) is 76.5 Å². The molecule has 1 saturated heterocycles. The van der Waals surface area contributed by atoms with E-state index in [1.807, 2.05) is 12.4 Å². The van der Waals surface area contributed by atoms with Gasteiger partial charge >= 0.3 is 0 Å². The molecule has 2 amide bonds. The third-order valence-electron chi connectivity index (χ3n) is 5.74. The number of anilines is 2. The van der Waals surface area contributed by atoms with Gasteiger partial charge in [0.05, 0.1) is 21.0 Å². The number of hydrogen-bond acceptors (Lipinski definition) is 6. The third-order valence-corrected chi connectivity index (χ3v) is 8.49. The van der Waals surface area contributed by atoms with E-state index in [-0.39, 0.29) is 10.8 Å². The summed E-state index contributed by atoms with van der Waals surface area (Å²) in [7, 11) is -0.0786. The normalized spacial score (nSPS) is 15.1. The van der Waals surface area contributed by atoms with Gasteiger partial charge in [-0.15, -0.1) is 11.3 Å². The number of nitrogens with one attached hydrogen (secondary N) is 1. The molecule has 1 aromatic heterocycles. The summed E-state index contributed by atoms with van der Waals surface area (Å²) in [6.45, 7) is 2.19. The highest BCUT2D eigenvalue weighted by atomic mass is 32.2. The number of carbonyl (C=O) groups excluding carboxylic acids is 2. The minimum atomic E-state index is -3.66. The van der Waals surface area contributed by atoms with Crippen LogP contribution in [0.25, 0.3) is 0 Å². The standard InChI is InChI=1S/C24H26N4O4S2/c1-26-12-14-28(15-13-26)34(31,32)19-8-5-7-18(17-19)25-23(29)20-9-3-4-10-21(20)27(2)24(30)22-11-6-16-33-22/h3-11,16-17H,12-15H2,1-2H3,(H,25,29). The van der Waals surface area contributed by atoms with Crippen LogP contribution in [0, 0.1) is 0 Å². The van der Waals surface area contributed by atoms with Crippen molar-refractivity contribution >= 4 is 44.5 Å². The van der Waals surface area contributed by atoms with Gasteiger partial charge in [-0.2, -0.15) is 4.31 Å². The number of amides is 2. The summed E-state index contributed by atoms with van der Waals surface area (Å²) in [5, 5.41) is 4.61. The number of thiophene rings is 1. The quantitative estimate of drug-likeness (QED) is 0.564. The Hall–Kier alpha value is -3.05. The fraction of sp³-hybridized carbons (Fsp3) is 0.250. The maximum atomic E-state index is 13.1. The Balaban J connectivity index is 1.55. The van der Waals surface area contributed by atoms with Crippen LogP contribution < -0.4 is 10.2 Å². The van der Waals surface area contributed by atoms with E-state index in [0.29, 0.717) is 48.0 Å². The molecule has 1 aliphatic rings. The van der Waals surface area contributed by atoms with E-state index >= 15 is 0 Å². The first-order valence-electron chi connectivity index (χ1n) is 10.8. The van der Waals surface area contributed by atoms with Crippen molar-refractivity contribution in [1.82, 2.24) is 9.21 Å². The topological polar surface area (TPSA) is 90.0 Å². The van der Waals surface area contributed by atoms with E-state index in [1.54, 1.807) is 55.6 Å². The van der Waals surface area contributed by atoms with E-state index in [0.717, 1.165) is 0 Å². The summed E-state index contributed by atoms with van der Waals surface area (Å²) in [6.07, 6.45) is 0. The molecule has 0 saturated carbocycles. The smallest absolute Gasteiger partial charge is 0.268 e. The summed E-state index contributed by atoms with van der Waals surface area (Å²) in [5.74, 6) is -0.647. The van der Waals surface area contributed by atoms with Gasteiger partial charge in [-0.1, -0.05) is 24.3 Å². The highest BCUT2D eigenvalue weighted by Gasteiger charge is 2.28. The molecular weight excluding hydrogens is 472 g/mol.